The minimum absolute atomic E-state index is 0.594. The van der Waals surface area contributed by atoms with Crippen molar-refractivity contribution in [3.05, 3.63) is 152 Å². The number of nitrogens with zero attached hydrogens (tertiary/aromatic N) is 5. The minimum Gasteiger partial charge on any atom is -0.316 e. The van der Waals surface area contributed by atoms with Crippen LogP contribution < -0.4 is 0 Å². The zero-order valence-corrected chi connectivity index (χ0v) is 23.7. The summed E-state index contributed by atoms with van der Waals surface area (Å²) in [4.78, 5) is 15.1. The molecule has 9 rings (SSSR count). The molecule has 0 spiro atoms. The van der Waals surface area contributed by atoms with Gasteiger partial charge in [-0.1, -0.05) is 115 Å². The van der Waals surface area contributed by atoms with Gasteiger partial charge in [0, 0.05) is 44.6 Å². The summed E-state index contributed by atoms with van der Waals surface area (Å²) < 4.78 is 4.47. The molecular formula is C39H25N5. The van der Waals surface area contributed by atoms with Crippen molar-refractivity contribution in [3.8, 4) is 34.4 Å². The Labute approximate surface area is 253 Å². The van der Waals surface area contributed by atoms with Crippen molar-refractivity contribution in [3.63, 3.8) is 0 Å². The summed E-state index contributed by atoms with van der Waals surface area (Å²) in [6.45, 7) is 0. The maximum absolute atomic E-state index is 5.08. The lowest BCUT2D eigenvalue weighted by Gasteiger charge is -2.11. The first-order valence-corrected chi connectivity index (χ1v) is 14.7. The fourth-order valence-corrected chi connectivity index (χ4v) is 6.42. The van der Waals surface area contributed by atoms with E-state index >= 15 is 0 Å². The standard InChI is InChI=1S/C39H25N5/c1-4-12-27(13-5-1)37-40-38(28-14-6-2-7-15-28)42-39(41-37)44-33-19-11-10-18-32(33)35-30-21-20-26-24-25-43(29-16-8-3-9-17-29)36(26)31(30)22-23-34(35)44/h1-25H. The third kappa shape index (κ3) is 3.76. The van der Waals surface area contributed by atoms with Gasteiger partial charge in [0.05, 0.1) is 16.6 Å². The Bertz CT molecular complexity index is 2420. The maximum atomic E-state index is 5.08. The highest BCUT2D eigenvalue weighted by atomic mass is 15.2. The molecule has 0 fully saturated rings. The zero-order chi connectivity index (χ0) is 29.0. The molecule has 5 nitrogen and oxygen atoms in total. The zero-order valence-electron chi connectivity index (χ0n) is 23.7. The van der Waals surface area contributed by atoms with Gasteiger partial charge in [-0.15, -0.1) is 0 Å². The topological polar surface area (TPSA) is 48.5 Å². The predicted octanol–water partition coefficient (Wildman–Crippen LogP) is 9.40. The van der Waals surface area contributed by atoms with E-state index < -0.39 is 0 Å². The van der Waals surface area contributed by atoms with E-state index in [9.17, 15) is 0 Å². The third-order valence-electron chi connectivity index (χ3n) is 8.40. The van der Waals surface area contributed by atoms with E-state index in [0.29, 0.717) is 17.6 Å². The minimum atomic E-state index is 0.594. The molecular weight excluding hydrogens is 538 g/mol. The molecule has 5 heteroatoms. The third-order valence-corrected chi connectivity index (χ3v) is 8.40. The Morgan fingerprint density at radius 2 is 1.05 bits per heavy atom. The van der Waals surface area contributed by atoms with Gasteiger partial charge in [-0.05, 0) is 35.7 Å². The van der Waals surface area contributed by atoms with Crippen LogP contribution in [-0.2, 0) is 0 Å². The number of hydrogen-bond donors (Lipinski definition) is 0. The Hall–Kier alpha value is -6.07. The van der Waals surface area contributed by atoms with Gasteiger partial charge in [-0.25, -0.2) is 4.98 Å². The number of benzene rings is 6. The first-order valence-electron chi connectivity index (χ1n) is 14.7. The molecule has 0 amide bonds. The Kier molecular flexibility index (Phi) is 5.43. The lowest BCUT2D eigenvalue weighted by atomic mass is 10.0. The van der Waals surface area contributed by atoms with Crippen molar-refractivity contribution in [2.24, 2.45) is 0 Å². The predicted molar refractivity (Wildman–Crippen MR) is 179 cm³/mol. The van der Waals surface area contributed by atoms with Crippen molar-refractivity contribution in [2.45, 2.75) is 0 Å². The number of fused-ring (bicyclic) bond motifs is 7. The number of rotatable bonds is 4. The smallest absolute Gasteiger partial charge is 0.238 e. The van der Waals surface area contributed by atoms with Crippen LogP contribution in [0.3, 0.4) is 0 Å². The molecule has 206 valence electrons. The van der Waals surface area contributed by atoms with E-state index in [4.69, 9.17) is 15.0 Å². The molecule has 0 saturated carbocycles. The second-order valence-electron chi connectivity index (χ2n) is 10.9. The van der Waals surface area contributed by atoms with Crippen LogP contribution >= 0.6 is 0 Å². The highest BCUT2D eigenvalue weighted by molar-refractivity contribution is 6.25. The second-order valence-corrected chi connectivity index (χ2v) is 10.9. The van der Waals surface area contributed by atoms with Gasteiger partial charge < -0.3 is 4.57 Å². The molecule has 3 aromatic heterocycles. The van der Waals surface area contributed by atoms with Crippen molar-refractivity contribution >= 4 is 43.5 Å². The average Bonchev–Trinajstić information content (AvgIpc) is 3.69. The molecule has 0 saturated heterocycles. The van der Waals surface area contributed by atoms with Crippen LogP contribution in [0.1, 0.15) is 0 Å². The molecule has 3 heterocycles. The molecule has 44 heavy (non-hydrogen) atoms. The van der Waals surface area contributed by atoms with Crippen LogP contribution in [0.2, 0.25) is 0 Å². The van der Waals surface area contributed by atoms with E-state index in [2.05, 4.69) is 100 Å². The molecule has 0 N–H and O–H groups in total. The van der Waals surface area contributed by atoms with Gasteiger partial charge in [0.1, 0.15) is 0 Å². The van der Waals surface area contributed by atoms with E-state index in [1.54, 1.807) is 0 Å². The largest absolute Gasteiger partial charge is 0.316 e. The van der Waals surface area contributed by atoms with E-state index in [1.807, 2.05) is 60.7 Å². The summed E-state index contributed by atoms with van der Waals surface area (Å²) in [7, 11) is 0. The Morgan fingerprint density at radius 1 is 0.432 bits per heavy atom. The normalized spacial score (nSPS) is 11.6. The monoisotopic (exact) mass is 563 g/mol. The molecule has 0 unspecified atom stereocenters. The van der Waals surface area contributed by atoms with Crippen LogP contribution in [0.4, 0.5) is 0 Å². The fraction of sp³-hybridized carbons (Fsp3) is 0. The fourth-order valence-electron chi connectivity index (χ4n) is 6.42. The summed E-state index contributed by atoms with van der Waals surface area (Å²) >= 11 is 0. The van der Waals surface area contributed by atoms with Gasteiger partial charge in [0.15, 0.2) is 11.6 Å². The summed E-state index contributed by atoms with van der Waals surface area (Å²) in [5.74, 6) is 1.88. The van der Waals surface area contributed by atoms with Gasteiger partial charge in [-0.3, -0.25) is 4.57 Å². The molecule has 0 atom stereocenters. The van der Waals surface area contributed by atoms with Crippen LogP contribution in [0.15, 0.2) is 152 Å². The van der Waals surface area contributed by atoms with Gasteiger partial charge >= 0.3 is 0 Å². The van der Waals surface area contributed by atoms with Crippen molar-refractivity contribution < 1.29 is 0 Å². The molecule has 9 aromatic rings. The summed E-state index contributed by atoms with van der Waals surface area (Å²) in [5, 5.41) is 5.96. The van der Waals surface area contributed by atoms with Crippen LogP contribution in [-0.4, -0.2) is 24.1 Å². The first-order chi connectivity index (χ1) is 21.8. The maximum Gasteiger partial charge on any atom is 0.238 e. The van der Waals surface area contributed by atoms with Gasteiger partial charge in [0.2, 0.25) is 5.95 Å². The Morgan fingerprint density at radius 3 is 1.75 bits per heavy atom. The highest BCUT2D eigenvalue weighted by Crippen LogP contribution is 2.39. The average molecular weight is 564 g/mol. The SMILES string of the molecule is c1ccc(-c2nc(-c3ccccc3)nc(-n3c4ccccc4c4c5ccc6ccn(-c7ccccc7)c6c5ccc43)n2)cc1. The second kappa shape index (κ2) is 9.75. The van der Waals surface area contributed by atoms with Crippen molar-refractivity contribution in [2.75, 3.05) is 0 Å². The lowest BCUT2D eigenvalue weighted by molar-refractivity contribution is 0.953. The molecule has 0 radical (unpaired) electrons. The van der Waals surface area contributed by atoms with Gasteiger partial charge in [0.25, 0.3) is 0 Å². The summed E-state index contributed by atoms with van der Waals surface area (Å²) in [5.41, 5.74) is 6.35. The van der Waals surface area contributed by atoms with Crippen LogP contribution in [0.5, 0.6) is 0 Å². The molecule has 0 aliphatic heterocycles. The quantitative estimate of drug-likeness (QED) is 0.214. The number of para-hydroxylation sites is 2. The van der Waals surface area contributed by atoms with Gasteiger partial charge in [-0.2, -0.15) is 9.97 Å². The number of hydrogen-bond acceptors (Lipinski definition) is 3. The molecule has 6 aromatic carbocycles. The molecule has 0 aliphatic carbocycles. The highest BCUT2D eigenvalue weighted by Gasteiger charge is 2.20. The van der Waals surface area contributed by atoms with Crippen LogP contribution in [0.25, 0.3) is 77.9 Å². The van der Waals surface area contributed by atoms with E-state index in [0.717, 1.165) is 33.2 Å². The lowest BCUT2D eigenvalue weighted by Crippen LogP contribution is -2.06. The summed E-state index contributed by atoms with van der Waals surface area (Å²) in [6.07, 6.45) is 2.16. The Balaban J connectivity index is 1.37. The van der Waals surface area contributed by atoms with E-state index in [-0.39, 0.29) is 0 Å². The number of aromatic nitrogens is 5. The molecule has 0 bridgehead atoms. The summed E-state index contributed by atoms with van der Waals surface area (Å²) in [6, 6.07) is 50.4. The first kappa shape index (κ1) is 24.5. The van der Waals surface area contributed by atoms with Crippen molar-refractivity contribution in [1.82, 2.24) is 24.1 Å². The van der Waals surface area contributed by atoms with Crippen LogP contribution in [0, 0.1) is 0 Å². The van der Waals surface area contributed by atoms with E-state index in [1.165, 1.54) is 27.1 Å². The molecule has 0 aliphatic rings. The van der Waals surface area contributed by atoms with Crippen molar-refractivity contribution in [1.29, 1.82) is 0 Å².